The van der Waals surface area contributed by atoms with Crippen molar-refractivity contribution < 1.29 is 0 Å². The van der Waals surface area contributed by atoms with E-state index in [1.54, 1.807) is 0 Å². The summed E-state index contributed by atoms with van der Waals surface area (Å²) in [7, 11) is 0. The molecule has 1 aliphatic rings. The van der Waals surface area contributed by atoms with E-state index in [1.165, 1.54) is 12.8 Å². The van der Waals surface area contributed by atoms with Gasteiger partial charge in [0.15, 0.2) is 0 Å². The van der Waals surface area contributed by atoms with E-state index >= 15 is 0 Å². The van der Waals surface area contributed by atoms with Gasteiger partial charge in [0, 0.05) is 0 Å². The summed E-state index contributed by atoms with van der Waals surface area (Å²) in [5.41, 5.74) is 0.550. The Morgan fingerprint density at radius 2 is 1.69 bits per heavy atom. The maximum Gasteiger partial charge on any atom is -0.0328 e. The molecule has 1 rings (SSSR count). The molecule has 0 spiro atoms. The smallest absolute Gasteiger partial charge is 0.0328 e. The van der Waals surface area contributed by atoms with Gasteiger partial charge in [0.05, 0.1) is 0 Å². The van der Waals surface area contributed by atoms with Crippen LogP contribution >= 0.6 is 0 Å². The molecule has 0 bridgehead atoms. The molecule has 78 valence electrons. The van der Waals surface area contributed by atoms with Crippen LogP contribution in [0.25, 0.3) is 0 Å². The van der Waals surface area contributed by atoms with Crippen molar-refractivity contribution in [1.82, 2.24) is 0 Å². The van der Waals surface area contributed by atoms with Crippen LogP contribution in [0.2, 0.25) is 0 Å². The van der Waals surface area contributed by atoms with Crippen molar-refractivity contribution in [2.45, 2.75) is 54.4 Å². The Bertz CT molecular complexity index is 165. The number of hydrogen-bond donors (Lipinski definition) is 0. The maximum absolute atomic E-state index is 2.42. The summed E-state index contributed by atoms with van der Waals surface area (Å²) in [5.74, 6) is 3.81. The van der Waals surface area contributed by atoms with Gasteiger partial charge in [0.2, 0.25) is 0 Å². The first kappa shape index (κ1) is 11.1. The highest BCUT2D eigenvalue weighted by Gasteiger charge is 2.42. The summed E-state index contributed by atoms with van der Waals surface area (Å²) in [6.45, 7) is 14.3. The third kappa shape index (κ3) is 2.72. The van der Waals surface area contributed by atoms with Gasteiger partial charge in [0.1, 0.15) is 0 Å². The zero-order chi connectivity index (χ0) is 10.2. The molecule has 0 nitrogen and oxygen atoms in total. The first-order valence-electron chi connectivity index (χ1n) is 5.84. The third-order valence-electron chi connectivity index (χ3n) is 4.18. The summed E-state index contributed by atoms with van der Waals surface area (Å²) in [6, 6.07) is 0. The Kier molecular flexibility index (Phi) is 3.09. The first-order valence-corrected chi connectivity index (χ1v) is 5.84. The molecule has 1 fully saturated rings. The molecule has 0 N–H and O–H groups in total. The molecule has 13 heavy (non-hydrogen) atoms. The monoisotopic (exact) mass is 182 g/mol. The normalized spacial score (nSPS) is 28.6. The number of hydrogen-bond acceptors (Lipinski definition) is 0. The number of rotatable bonds is 4. The molecule has 0 radical (unpaired) electrons. The van der Waals surface area contributed by atoms with Crippen LogP contribution in [0.15, 0.2) is 0 Å². The van der Waals surface area contributed by atoms with Gasteiger partial charge in [-0.05, 0) is 41.9 Å². The minimum atomic E-state index is 0.550. The molecule has 0 heterocycles. The quantitative estimate of drug-likeness (QED) is 0.606. The molecule has 0 amide bonds. The summed E-state index contributed by atoms with van der Waals surface area (Å²) in [5, 5.41) is 0. The van der Waals surface area contributed by atoms with Gasteiger partial charge in [-0.1, -0.05) is 41.5 Å². The standard InChI is InChI=1S/C13H26/c1-9(2)12-7-11(12)8-13(5,6)10(3)4/h9-12H,7-8H2,1-6H3. The molecular formula is C13H26. The lowest BCUT2D eigenvalue weighted by molar-refractivity contribution is 0.209. The topological polar surface area (TPSA) is 0 Å². The van der Waals surface area contributed by atoms with Crippen molar-refractivity contribution in [3.8, 4) is 0 Å². The van der Waals surface area contributed by atoms with E-state index in [9.17, 15) is 0 Å². The Morgan fingerprint density at radius 1 is 1.15 bits per heavy atom. The van der Waals surface area contributed by atoms with Crippen LogP contribution in [0.4, 0.5) is 0 Å². The SMILES string of the molecule is CC(C)C1CC1CC(C)(C)C(C)C. The fourth-order valence-corrected chi connectivity index (χ4v) is 2.23. The lowest BCUT2D eigenvalue weighted by atomic mass is 9.76. The van der Waals surface area contributed by atoms with E-state index in [-0.39, 0.29) is 0 Å². The predicted octanol–water partition coefficient (Wildman–Crippen LogP) is 4.35. The van der Waals surface area contributed by atoms with Crippen LogP contribution in [0.5, 0.6) is 0 Å². The Hall–Kier alpha value is 0. The van der Waals surface area contributed by atoms with E-state index in [1.807, 2.05) is 0 Å². The Labute approximate surface area is 84.1 Å². The maximum atomic E-state index is 2.42. The van der Waals surface area contributed by atoms with Crippen molar-refractivity contribution >= 4 is 0 Å². The fraction of sp³-hybridized carbons (Fsp3) is 1.00. The average Bonchev–Trinajstić information content (AvgIpc) is 2.65. The summed E-state index contributed by atoms with van der Waals surface area (Å²) < 4.78 is 0. The van der Waals surface area contributed by atoms with Crippen LogP contribution in [0, 0.1) is 29.1 Å². The fourth-order valence-electron chi connectivity index (χ4n) is 2.23. The molecule has 1 aliphatic carbocycles. The average molecular weight is 182 g/mol. The van der Waals surface area contributed by atoms with Crippen molar-refractivity contribution in [2.24, 2.45) is 29.1 Å². The van der Waals surface area contributed by atoms with E-state index in [4.69, 9.17) is 0 Å². The van der Waals surface area contributed by atoms with Gasteiger partial charge in [-0.15, -0.1) is 0 Å². The second-order valence-electron chi connectivity index (χ2n) is 6.25. The van der Waals surface area contributed by atoms with Gasteiger partial charge >= 0.3 is 0 Å². The van der Waals surface area contributed by atoms with E-state index in [0.29, 0.717) is 5.41 Å². The second-order valence-corrected chi connectivity index (χ2v) is 6.25. The van der Waals surface area contributed by atoms with E-state index in [0.717, 1.165) is 23.7 Å². The zero-order valence-corrected chi connectivity index (χ0v) is 10.2. The first-order chi connectivity index (χ1) is 5.84. The van der Waals surface area contributed by atoms with Crippen LogP contribution in [-0.4, -0.2) is 0 Å². The minimum Gasteiger partial charge on any atom is -0.0625 e. The van der Waals surface area contributed by atoms with E-state index < -0.39 is 0 Å². The Morgan fingerprint density at radius 3 is 2.00 bits per heavy atom. The highest BCUT2D eigenvalue weighted by molar-refractivity contribution is 4.92. The Balaban J connectivity index is 2.35. The van der Waals surface area contributed by atoms with Crippen LogP contribution < -0.4 is 0 Å². The van der Waals surface area contributed by atoms with Gasteiger partial charge in [-0.2, -0.15) is 0 Å². The molecule has 2 atom stereocenters. The summed E-state index contributed by atoms with van der Waals surface area (Å²) in [4.78, 5) is 0. The van der Waals surface area contributed by atoms with Gasteiger partial charge in [-0.3, -0.25) is 0 Å². The molecule has 0 aliphatic heterocycles. The van der Waals surface area contributed by atoms with Gasteiger partial charge in [-0.25, -0.2) is 0 Å². The highest BCUT2D eigenvalue weighted by atomic mass is 14.5. The third-order valence-corrected chi connectivity index (χ3v) is 4.18. The van der Waals surface area contributed by atoms with Crippen LogP contribution in [-0.2, 0) is 0 Å². The summed E-state index contributed by atoms with van der Waals surface area (Å²) >= 11 is 0. The molecular weight excluding hydrogens is 156 g/mol. The van der Waals surface area contributed by atoms with Crippen molar-refractivity contribution in [1.29, 1.82) is 0 Å². The molecule has 0 heteroatoms. The molecule has 0 aromatic rings. The molecule has 0 aromatic carbocycles. The second kappa shape index (κ2) is 3.63. The van der Waals surface area contributed by atoms with Crippen molar-refractivity contribution in [3.63, 3.8) is 0 Å². The van der Waals surface area contributed by atoms with Crippen molar-refractivity contribution in [2.75, 3.05) is 0 Å². The largest absolute Gasteiger partial charge is 0.0625 e. The van der Waals surface area contributed by atoms with Gasteiger partial charge in [0.25, 0.3) is 0 Å². The molecule has 0 saturated heterocycles. The highest BCUT2D eigenvalue weighted by Crippen LogP contribution is 2.51. The minimum absolute atomic E-state index is 0.550. The predicted molar refractivity (Wildman–Crippen MR) is 59.7 cm³/mol. The van der Waals surface area contributed by atoms with Gasteiger partial charge < -0.3 is 0 Å². The molecule has 2 unspecified atom stereocenters. The van der Waals surface area contributed by atoms with E-state index in [2.05, 4.69) is 41.5 Å². The molecule has 1 saturated carbocycles. The van der Waals surface area contributed by atoms with Crippen molar-refractivity contribution in [3.05, 3.63) is 0 Å². The zero-order valence-electron chi connectivity index (χ0n) is 10.2. The van der Waals surface area contributed by atoms with Crippen LogP contribution in [0.1, 0.15) is 54.4 Å². The molecule has 0 aromatic heterocycles. The lowest BCUT2D eigenvalue weighted by Gasteiger charge is -2.29. The summed E-state index contributed by atoms with van der Waals surface area (Å²) in [6.07, 6.45) is 2.93. The lowest BCUT2D eigenvalue weighted by Crippen LogP contribution is -2.20. The van der Waals surface area contributed by atoms with Crippen LogP contribution in [0.3, 0.4) is 0 Å².